The zero-order valence-corrected chi connectivity index (χ0v) is 15.9. The molecule has 1 heterocycles. The van der Waals surface area contributed by atoms with E-state index < -0.39 is 29.3 Å². The zero-order chi connectivity index (χ0) is 21.5. The molecule has 0 unspecified atom stereocenters. The third-order valence-electron chi connectivity index (χ3n) is 4.39. The van der Waals surface area contributed by atoms with Gasteiger partial charge in [0.05, 0.1) is 29.4 Å². The molecule has 10 heteroatoms. The fourth-order valence-electron chi connectivity index (χ4n) is 2.91. The van der Waals surface area contributed by atoms with Gasteiger partial charge in [-0.15, -0.1) is 0 Å². The number of esters is 1. The number of anilines is 1. The fraction of sp³-hybridized carbons (Fsp3) is 0.250. The summed E-state index contributed by atoms with van der Waals surface area (Å²) in [6.07, 6.45) is 0. The molecule has 0 atom stereocenters. The summed E-state index contributed by atoms with van der Waals surface area (Å²) in [4.78, 5) is 48.9. The smallest absolute Gasteiger partial charge is 0.341 e. The Balaban J connectivity index is 1.68. The van der Waals surface area contributed by atoms with E-state index in [1.54, 1.807) is 18.2 Å². The molecule has 1 fully saturated rings. The van der Waals surface area contributed by atoms with Crippen molar-refractivity contribution >= 4 is 29.2 Å². The van der Waals surface area contributed by atoms with Gasteiger partial charge in [-0.05, 0) is 18.2 Å². The van der Waals surface area contributed by atoms with Crippen LogP contribution in [0.1, 0.15) is 20.7 Å². The Labute approximate surface area is 171 Å². The van der Waals surface area contributed by atoms with Crippen LogP contribution in [0.15, 0.2) is 48.5 Å². The number of non-ortho nitro benzene ring substituents is 1. The van der Waals surface area contributed by atoms with Gasteiger partial charge < -0.3 is 14.4 Å². The van der Waals surface area contributed by atoms with Gasteiger partial charge in [-0.1, -0.05) is 18.2 Å². The normalized spacial score (nSPS) is 13.4. The van der Waals surface area contributed by atoms with Crippen LogP contribution in [-0.4, -0.2) is 55.6 Å². The van der Waals surface area contributed by atoms with Crippen molar-refractivity contribution in [2.45, 2.75) is 0 Å². The highest BCUT2D eigenvalue weighted by molar-refractivity contribution is 6.05. The molecule has 1 aliphatic heterocycles. The number of imide groups is 1. The van der Waals surface area contributed by atoms with Crippen LogP contribution in [-0.2, 0) is 14.3 Å². The molecule has 30 heavy (non-hydrogen) atoms. The van der Waals surface area contributed by atoms with Gasteiger partial charge in [0.25, 0.3) is 17.5 Å². The van der Waals surface area contributed by atoms with Gasteiger partial charge in [-0.2, -0.15) is 0 Å². The average molecular weight is 413 g/mol. The van der Waals surface area contributed by atoms with E-state index in [1.165, 1.54) is 24.3 Å². The van der Waals surface area contributed by atoms with Gasteiger partial charge in [-0.3, -0.25) is 25.0 Å². The Bertz CT molecular complexity index is 956. The van der Waals surface area contributed by atoms with E-state index in [0.29, 0.717) is 32.0 Å². The molecule has 0 radical (unpaired) electrons. The van der Waals surface area contributed by atoms with Crippen LogP contribution in [0.25, 0.3) is 0 Å². The van der Waals surface area contributed by atoms with E-state index in [1.807, 2.05) is 4.90 Å². The monoisotopic (exact) mass is 413 g/mol. The van der Waals surface area contributed by atoms with Crippen molar-refractivity contribution in [3.63, 3.8) is 0 Å². The second-order valence-electron chi connectivity index (χ2n) is 6.38. The minimum Gasteiger partial charge on any atom is -0.452 e. The van der Waals surface area contributed by atoms with Gasteiger partial charge in [0, 0.05) is 30.8 Å². The number of benzene rings is 2. The van der Waals surface area contributed by atoms with Crippen LogP contribution in [0.3, 0.4) is 0 Å². The van der Waals surface area contributed by atoms with E-state index in [2.05, 4.69) is 5.32 Å². The molecule has 0 aromatic heterocycles. The number of nitro groups is 1. The quantitative estimate of drug-likeness (QED) is 0.429. The number of nitrogens with one attached hydrogen (secondary N) is 1. The largest absolute Gasteiger partial charge is 0.452 e. The summed E-state index contributed by atoms with van der Waals surface area (Å²) in [5.74, 6) is -2.33. The number of amides is 2. The Morgan fingerprint density at radius 1 is 1.10 bits per heavy atom. The van der Waals surface area contributed by atoms with Crippen molar-refractivity contribution < 1.29 is 28.8 Å². The van der Waals surface area contributed by atoms with Gasteiger partial charge in [0.15, 0.2) is 6.61 Å². The number of nitrogens with zero attached hydrogens (tertiary/aromatic N) is 2. The number of hydrogen-bond donors (Lipinski definition) is 1. The summed E-state index contributed by atoms with van der Waals surface area (Å²) in [5.41, 5.74) is 0.427. The lowest BCUT2D eigenvalue weighted by molar-refractivity contribution is -0.384. The SMILES string of the molecule is O=C(COC(=O)c1cc([N+](=O)[O-])ccc1N1CCOCC1)NC(=O)c1ccccc1. The first-order valence-corrected chi connectivity index (χ1v) is 9.13. The van der Waals surface area contributed by atoms with Crippen LogP contribution in [0, 0.1) is 10.1 Å². The molecule has 2 amide bonds. The number of carbonyl (C=O) groups excluding carboxylic acids is 3. The van der Waals surface area contributed by atoms with Crippen molar-refractivity contribution in [1.29, 1.82) is 0 Å². The van der Waals surface area contributed by atoms with Crippen LogP contribution in [0.2, 0.25) is 0 Å². The maximum Gasteiger partial charge on any atom is 0.341 e. The lowest BCUT2D eigenvalue weighted by atomic mass is 10.1. The summed E-state index contributed by atoms with van der Waals surface area (Å²) in [6, 6.07) is 12.0. The highest BCUT2D eigenvalue weighted by Crippen LogP contribution is 2.27. The van der Waals surface area contributed by atoms with Crippen LogP contribution in [0.5, 0.6) is 0 Å². The van der Waals surface area contributed by atoms with E-state index >= 15 is 0 Å². The van der Waals surface area contributed by atoms with E-state index in [-0.39, 0.29) is 16.8 Å². The molecule has 3 rings (SSSR count). The first kappa shape index (κ1) is 20.9. The second-order valence-corrected chi connectivity index (χ2v) is 6.38. The third kappa shape index (κ3) is 5.17. The average Bonchev–Trinajstić information content (AvgIpc) is 2.78. The van der Waals surface area contributed by atoms with E-state index in [4.69, 9.17) is 9.47 Å². The number of carbonyl (C=O) groups is 3. The fourth-order valence-corrected chi connectivity index (χ4v) is 2.91. The van der Waals surface area contributed by atoms with Crippen molar-refractivity contribution in [1.82, 2.24) is 5.32 Å². The number of ether oxygens (including phenoxy) is 2. The minimum atomic E-state index is -0.900. The van der Waals surface area contributed by atoms with Gasteiger partial charge in [-0.25, -0.2) is 4.79 Å². The molecule has 2 aromatic rings. The Morgan fingerprint density at radius 2 is 1.80 bits per heavy atom. The predicted octanol–water partition coefficient (Wildman–Crippen LogP) is 1.54. The van der Waals surface area contributed by atoms with Gasteiger partial charge in [0.1, 0.15) is 0 Å². The van der Waals surface area contributed by atoms with Crippen molar-refractivity contribution in [2.75, 3.05) is 37.8 Å². The predicted molar refractivity (Wildman–Crippen MR) is 105 cm³/mol. The molecule has 1 N–H and O–H groups in total. The van der Waals surface area contributed by atoms with Crippen LogP contribution in [0.4, 0.5) is 11.4 Å². The molecule has 0 bridgehead atoms. The van der Waals surface area contributed by atoms with Crippen molar-refractivity contribution in [2.24, 2.45) is 0 Å². The number of nitro benzene ring substituents is 1. The van der Waals surface area contributed by atoms with Crippen LogP contribution >= 0.6 is 0 Å². The summed E-state index contributed by atoms with van der Waals surface area (Å²) in [5, 5.41) is 13.2. The summed E-state index contributed by atoms with van der Waals surface area (Å²) in [7, 11) is 0. The molecule has 0 spiro atoms. The number of hydrogen-bond acceptors (Lipinski definition) is 8. The number of morpholine rings is 1. The topological polar surface area (TPSA) is 128 Å². The molecule has 1 aliphatic rings. The van der Waals surface area contributed by atoms with E-state index in [9.17, 15) is 24.5 Å². The molecular formula is C20H19N3O7. The first-order valence-electron chi connectivity index (χ1n) is 9.13. The highest BCUT2D eigenvalue weighted by Gasteiger charge is 2.24. The lowest BCUT2D eigenvalue weighted by Gasteiger charge is -2.30. The van der Waals surface area contributed by atoms with Crippen LogP contribution < -0.4 is 10.2 Å². The number of rotatable bonds is 6. The minimum absolute atomic E-state index is 0.0340. The maximum absolute atomic E-state index is 12.6. The molecule has 156 valence electrons. The highest BCUT2D eigenvalue weighted by atomic mass is 16.6. The standard InChI is InChI=1S/C20H19N3O7/c24-18(21-19(25)14-4-2-1-3-5-14)13-30-20(26)16-12-15(23(27)28)6-7-17(16)22-8-10-29-11-9-22/h1-7,12H,8-11,13H2,(H,21,24,25). The molecule has 0 aliphatic carbocycles. The van der Waals surface area contributed by atoms with Gasteiger partial charge >= 0.3 is 5.97 Å². The first-order chi connectivity index (χ1) is 14.5. The maximum atomic E-state index is 12.6. The molecule has 1 saturated heterocycles. The third-order valence-corrected chi connectivity index (χ3v) is 4.39. The summed E-state index contributed by atoms with van der Waals surface area (Å²) < 4.78 is 10.3. The Hall–Kier alpha value is -3.79. The second kappa shape index (κ2) is 9.61. The van der Waals surface area contributed by atoms with E-state index in [0.717, 1.165) is 6.07 Å². The summed E-state index contributed by atoms with van der Waals surface area (Å²) >= 11 is 0. The van der Waals surface area contributed by atoms with Crippen molar-refractivity contribution in [3.8, 4) is 0 Å². The van der Waals surface area contributed by atoms with Crippen molar-refractivity contribution in [3.05, 3.63) is 69.8 Å². The van der Waals surface area contributed by atoms with Gasteiger partial charge in [0.2, 0.25) is 0 Å². The molecular weight excluding hydrogens is 394 g/mol. The molecule has 10 nitrogen and oxygen atoms in total. The molecule has 2 aromatic carbocycles. The Kier molecular flexibility index (Phi) is 6.71. The zero-order valence-electron chi connectivity index (χ0n) is 15.9. The lowest BCUT2D eigenvalue weighted by Crippen LogP contribution is -2.37. The molecule has 0 saturated carbocycles. The Morgan fingerprint density at radius 3 is 2.47 bits per heavy atom. The summed E-state index contributed by atoms with van der Waals surface area (Å²) in [6.45, 7) is 1.21.